The Morgan fingerprint density at radius 1 is 1.19 bits per heavy atom. The quantitative estimate of drug-likeness (QED) is 0.667. The third-order valence-electron chi connectivity index (χ3n) is 3.01. The molecular formula is C14H8Cl2N2O3. The molecule has 0 bridgehead atoms. The molecule has 2 aromatic carbocycles. The van der Waals surface area contributed by atoms with Crippen LogP contribution >= 0.6 is 23.2 Å². The fraction of sp³-hybridized carbons (Fsp3) is 0. The molecule has 0 saturated carbocycles. The summed E-state index contributed by atoms with van der Waals surface area (Å²) < 4.78 is 0. The van der Waals surface area contributed by atoms with E-state index in [4.69, 9.17) is 28.3 Å². The molecule has 3 rings (SSSR count). The highest BCUT2D eigenvalue weighted by Gasteiger charge is 2.14. The van der Waals surface area contributed by atoms with Gasteiger partial charge in [0.2, 0.25) is 0 Å². The summed E-state index contributed by atoms with van der Waals surface area (Å²) in [6, 6.07) is 7.46. The number of benzene rings is 2. The Hall–Kier alpha value is -2.24. The number of imidazole rings is 1. The molecule has 106 valence electrons. The summed E-state index contributed by atoms with van der Waals surface area (Å²) in [6.07, 6.45) is 0. The fourth-order valence-corrected chi connectivity index (χ4v) is 2.51. The van der Waals surface area contributed by atoms with Gasteiger partial charge in [-0.15, -0.1) is 0 Å². The molecule has 1 aromatic heterocycles. The van der Waals surface area contributed by atoms with E-state index < -0.39 is 5.97 Å². The third kappa shape index (κ3) is 2.41. The van der Waals surface area contributed by atoms with Crippen LogP contribution in [-0.2, 0) is 0 Å². The van der Waals surface area contributed by atoms with Crippen LogP contribution in [-0.4, -0.2) is 26.2 Å². The number of nitrogens with zero attached hydrogens (tertiary/aromatic N) is 1. The first kappa shape index (κ1) is 13.7. The molecule has 3 N–H and O–H groups in total. The molecule has 7 heteroatoms. The van der Waals surface area contributed by atoms with Crippen LogP contribution in [0.4, 0.5) is 0 Å². The summed E-state index contributed by atoms with van der Waals surface area (Å²) in [6.45, 7) is 0. The smallest absolute Gasteiger partial charge is 0.335 e. The lowest BCUT2D eigenvalue weighted by Crippen LogP contribution is -1.94. The van der Waals surface area contributed by atoms with Gasteiger partial charge >= 0.3 is 5.97 Å². The molecular weight excluding hydrogens is 315 g/mol. The standard InChI is InChI=1S/C14H8Cl2N2O3/c15-7-4-8(12(19)9(16)5-7)13-17-10-2-1-6(14(20)21)3-11(10)18-13/h1-5,19H,(H,17,18)(H,20,21). The normalized spacial score (nSPS) is 11.0. The van der Waals surface area contributed by atoms with Crippen molar-refractivity contribution in [3.63, 3.8) is 0 Å². The van der Waals surface area contributed by atoms with E-state index in [1.807, 2.05) is 0 Å². The van der Waals surface area contributed by atoms with Crippen molar-refractivity contribution in [1.82, 2.24) is 9.97 Å². The molecule has 0 amide bonds. The lowest BCUT2D eigenvalue weighted by atomic mass is 10.2. The number of fused-ring (bicyclic) bond motifs is 1. The first-order chi connectivity index (χ1) is 9.95. The van der Waals surface area contributed by atoms with Crippen LogP contribution in [0.15, 0.2) is 30.3 Å². The zero-order valence-electron chi connectivity index (χ0n) is 10.4. The number of hydrogen-bond acceptors (Lipinski definition) is 3. The van der Waals surface area contributed by atoms with Gasteiger partial charge in [0.25, 0.3) is 0 Å². The van der Waals surface area contributed by atoms with Gasteiger partial charge < -0.3 is 15.2 Å². The monoisotopic (exact) mass is 322 g/mol. The second kappa shape index (κ2) is 4.95. The number of carboxylic acid groups (broad SMARTS) is 1. The van der Waals surface area contributed by atoms with Crippen molar-refractivity contribution < 1.29 is 15.0 Å². The molecule has 0 aliphatic heterocycles. The Morgan fingerprint density at radius 2 is 1.95 bits per heavy atom. The predicted octanol–water partition coefficient (Wildman–Crippen LogP) is 3.94. The number of H-pyrrole nitrogens is 1. The van der Waals surface area contributed by atoms with Crippen LogP contribution in [0, 0.1) is 0 Å². The van der Waals surface area contributed by atoms with E-state index in [0.29, 0.717) is 27.4 Å². The van der Waals surface area contributed by atoms with Gasteiger partial charge in [0.05, 0.1) is 27.2 Å². The number of aromatic hydroxyl groups is 1. The van der Waals surface area contributed by atoms with E-state index in [1.165, 1.54) is 24.3 Å². The number of rotatable bonds is 2. The van der Waals surface area contributed by atoms with E-state index >= 15 is 0 Å². The van der Waals surface area contributed by atoms with Crippen molar-refractivity contribution >= 4 is 40.2 Å². The minimum Gasteiger partial charge on any atom is -0.506 e. The van der Waals surface area contributed by atoms with E-state index in [1.54, 1.807) is 6.07 Å². The average Bonchev–Trinajstić information content (AvgIpc) is 2.85. The largest absolute Gasteiger partial charge is 0.506 e. The Morgan fingerprint density at radius 3 is 2.67 bits per heavy atom. The second-order valence-electron chi connectivity index (χ2n) is 4.41. The van der Waals surface area contributed by atoms with Crippen LogP contribution in [0.2, 0.25) is 10.0 Å². The van der Waals surface area contributed by atoms with Crippen molar-refractivity contribution in [3.8, 4) is 17.1 Å². The highest BCUT2D eigenvalue weighted by molar-refractivity contribution is 6.36. The summed E-state index contributed by atoms with van der Waals surface area (Å²) in [4.78, 5) is 18.2. The minimum absolute atomic E-state index is 0.115. The molecule has 0 unspecified atom stereocenters. The lowest BCUT2D eigenvalue weighted by molar-refractivity contribution is 0.0697. The highest BCUT2D eigenvalue weighted by atomic mass is 35.5. The second-order valence-corrected chi connectivity index (χ2v) is 5.25. The first-order valence-corrected chi connectivity index (χ1v) is 6.63. The summed E-state index contributed by atoms with van der Waals surface area (Å²) in [5.74, 6) is -0.810. The Kier molecular flexibility index (Phi) is 3.23. The van der Waals surface area contributed by atoms with Crippen LogP contribution in [0.1, 0.15) is 10.4 Å². The van der Waals surface area contributed by atoms with Gasteiger partial charge in [0.1, 0.15) is 11.6 Å². The number of phenolic OH excluding ortho intramolecular Hbond substituents is 1. The number of aromatic carboxylic acids is 1. The molecule has 21 heavy (non-hydrogen) atoms. The van der Waals surface area contributed by atoms with Crippen molar-refractivity contribution in [2.45, 2.75) is 0 Å². The molecule has 0 aliphatic rings. The van der Waals surface area contributed by atoms with Crippen molar-refractivity contribution in [1.29, 1.82) is 0 Å². The van der Waals surface area contributed by atoms with Gasteiger partial charge in [-0.3, -0.25) is 0 Å². The number of phenols is 1. The minimum atomic E-state index is -1.03. The van der Waals surface area contributed by atoms with E-state index in [0.717, 1.165) is 0 Å². The fourth-order valence-electron chi connectivity index (χ4n) is 2.02. The maximum absolute atomic E-state index is 11.0. The predicted molar refractivity (Wildman–Crippen MR) is 80.2 cm³/mol. The molecule has 3 aromatic rings. The van der Waals surface area contributed by atoms with Crippen LogP contribution < -0.4 is 0 Å². The molecule has 5 nitrogen and oxygen atoms in total. The molecule has 0 radical (unpaired) electrons. The number of carbonyl (C=O) groups is 1. The van der Waals surface area contributed by atoms with Gasteiger partial charge in [-0.2, -0.15) is 0 Å². The Bertz CT molecular complexity index is 874. The lowest BCUT2D eigenvalue weighted by Gasteiger charge is -2.04. The van der Waals surface area contributed by atoms with Crippen molar-refractivity contribution in [2.75, 3.05) is 0 Å². The van der Waals surface area contributed by atoms with Gasteiger partial charge in [-0.05, 0) is 30.3 Å². The number of halogens is 2. The SMILES string of the molecule is O=C(O)c1ccc2nc(-c3cc(Cl)cc(Cl)c3O)[nH]c2c1. The van der Waals surface area contributed by atoms with Gasteiger partial charge in [0, 0.05) is 5.02 Å². The molecule has 0 fully saturated rings. The molecule has 1 heterocycles. The van der Waals surface area contributed by atoms with Gasteiger partial charge in [-0.25, -0.2) is 9.78 Å². The molecule has 0 aliphatic carbocycles. The maximum atomic E-state index is 11.0. The topological polar surface area (TPSA) is 86.2 Å². The van der Waals surface area contributed by atoms with Crippen molar-refractivity contribution in [2.24, 2.45) is 0 Å². The first-order valence-electron chi connectivity index (χ1n) is 5.87. The van der Waals surface area contributed by atoms with Gasteiger partial charge in [0.15, 0.2) is 0 Å². The van der Waals surface area contributed by atoms with E-state index in [9.17, 15) is 9.90 Å². The number of nitrogens with one attached hydrogen (secondary N) is 1. The summed E-state index contributed by atoms with van der Waals surface area (Å²) in [5, 5.41) is 19.5. The zero-order valence-corrected chi connectivity index (χ0v) is 11.9. The molecule has 0 saturated heterocycles. The van der Waals surface area contributed by atoms with Crippen LogP contribution in [0.5, 0.6) is 5.75 Å². The van der Waals surface area contributed by atoms with Crippen LogP contribution in [0.25, 0.3) is 22.4 Å². The van der Waals surface area contributed by atoms with Gasteiger partial charge in [-0.1, -0.05) is 23.2 Å². The third-order valence-corrected chi connectivity index (χ3v) is 3.52. The average molecular weight is 323 g/mol. The van der Waals surface area contributed by atoms with Crippen LogP contribution in [0.3, 0.4) is 0 Å². The summed E-state index contributed by atoms with van der Waals surface area (Å²) in [7, 11) is 0. The number of carboxylic acids is 1. The number of aromatic amines is 1. The highest BCUT2D eigenvalue weighted by Crippen LogP contribution is 2.37. The van der Waals surface area contributed by atoms with E-state index in [2.05, 4.69) is 9.97 Å². The maximum Gasteiger partial charge on any atom is 0.335 e. The summed E-state index contributed by atoms with van der Waals surface area (Å²) >= 11 is 11.8. The molecule has 0 spiro atoms. The number of aromatic nitrogens is 2. The van der Waals surface area contributed by atoms with E-state index in [-0.39, 0.29) is 16.3 Å². The zero-order chi connectivity index (χ0) is 15.1. The Labute approximate surface area is 128 Å². The molecule has 0 atom stereocenters. The summed E-state index contributed by atoms with van der Waals surface area (Å²) in [5.41, 5.74) is 1.61. The Balaban J connectivity index is 2.20. The van der Waals surface area contributed by atoms with Crippen molar-refractivity contribution in [3.05, 3.63) is 45.9 Å². The number of hydrogen-bond donors (Lipinski definition) is 3.